The minimum Gasteiger partial charge on any atom is -0.497 e. The summed E-state index contributed by atoms with van der Waals surface area (Å²) in [6.07, 6.45) is 0. The highest BCUT2D eigenvalue weighted by molar-refractivity contribution is 5.92. The molecular formula is C22H23N5O3. The van der Waals surface area contributed by atoms with Crippen LogP contribution >= 0.6 is 0 Å². The number of carbonyl (C=O) groups excluding carboxylic acids is 2. The van der Waals surface area contributed by atoms with E-state index in [0.717, 1.165) is 11.3 Å². The van der Waals surface area contributed by atoms with E-state index in [1.807, 2.05) is 48.5 Å². The molecule has 0 radical (unpaired) electrons. The van der Waals surface area contributed by atoms with Gasteiger partial charge in [0.25, 0.3) is 5.91 Å². The van der Waals surface area contributed by atoms with E-state index in [1.54, 1.807) is 28.8 Å². The maximum atomic E-state index is 12.6. The number of rotatable bonds is 5. The van der Waals surface area contributed by atoms with Crippen LogP contribution in [0.25, 0.3) is 0 Å². The van der Waals surface area contributed by atoms with Crippen molar-refractivity contribution in [3.8, 4) is 5.75 Å². The van der Waals surface area contributed by atoms with Crippen molar-refractivity contribution in [2.45, 2.75) is 19.6 Å². The van der Waals surface area contributed by atoms with Crippen molar-refractivity contribution in [1.29, 1.82) is 0 Å². The van der Waals surface area contributed by atoms with E-state index in [0.29, 0.717) is 43.3 Å². The summed E-state index contributed by atoms with van der Waals surface area (Å²) in [7, 11) is 1.58. The molecule has 1 aromatic heterocycles. The Hall–Kier alpha value is -3.81. The maximum Gasteiger partial charge on any atom is 0.322 e. The van der Waals surface area contributed by atoms with E-state index in [1.165, 1.54) is 0 Å². The van der Waals surface area contributed by atoms with Gasteiger partial charge in [-0.05, 0) is 23.8 Å². The number of amides is 3. The predicted molar refractivity (Wildman–Crippen MR) is 112 cm³/mol. The van der Waals surface area contributed by atoms with Gasteiger partial charge in [-0.1, -0.05) is 36.4 Å². The lowest BCUT2D eigenvalue weighted by molar-refractivity contribution is 0.0944. The zero-order valence-corrected chi connectivity index (χ0v) is 16.7. The molecule has 0 spiro atoms. The Bertz CT molecular complexity index is 1050. The molecule has 0 saturated carbocycles. The summed E-state index contributed by atoms with van der Waals surface area (Å²) in [6.45, 7) is 1.87. The van der Waals surface area contributed by atoms with E-state index in [2.05, 4.69) is 15.7 Å². The zero-order valence-electron chi connectivity index (χ0n) is 16.7. The van der Waals surface area contributed by atoms with Crippen molar-refractivity contribution in [3.63, 3.8) is 0 Å². The van der Waals surface area contributed by atoms with Crippen LogP contribution in [0.3, 0.4) is 0 Å². The first kappa shape index (κ1) is 19.5. The van der Waals surface area contributed by atoms with Gasteiger partial charge in [-0.2, -0.15) is 5.10 Å². The number of nitrogens with one attached hydrogen (secondary N) is 2. The van der Waals surface area contributed by atoms with Crippen molar-refractivity contribution in [2.75, 3.05) is 19.0 Å². The number of ether oxygens (including phenoxy) is 1. The SMILES string of the molecule is COc1cccc(NC(=O)N2CCn3nc(C(=O)NCc4ccccc4)cc3C2)c1. The normalized spacial score (nSPS) is 12.8. The van der Waals surface area contributed by atoms with Crippen molar-refractivity contribution in [1.82, 2.24) is 20.0 Å². The van der Waals surface area contributed by atoms with Crippen molar-refractivity contribution in [3.05, 3.63) is 77.6 Å². The summed E-state index contributed by atoms with van der Waals surface area (Å²) in [5.41, 5.74) is 2.87. The summed E-state index contributed by atoms with van der Waals surface area (Å²) in [5, 5.41) is 10.2. The number of anilines is 1. The van der Waals surface area contributed by atoms with Gasteiger partial charge in [-0.3, -0.25) is 9.48 Å². The van der Waals surface area contributed by atoms with Crippen LogP contribution in [0.5, 0.6) is 5.75 Å². The molecule has 3 aromatic rings. The molecule has 0 saturated heterocycles. The molecule has 30 heavy (non-hydrogen) atoms. The van der Waals surface area contributed by atoms with Crippen LogP contribution < -0.4 is 15.4 Å². The van der Waals surface area contributed by atoms with E-state index in [-0.39, 0.29) is 11.9 Å². The summed E-state index contributed by atoms with van der Waals surface area (Å²) >= 11 is 0. The average Bonchev–Trinajstić information content (AvgIpc) is 3.22. The Kier molecular flexibility index (Phi) is 5.65. The number of hydrogen-bond donors (Lipinski definition) is 2. The number of aromatic nitrogens is 2. The lowest BCUT2D eigenvalue weighted by atomic mass is 10.2. The Morgan fingerprint density at radius 3 is 2.70 bits per heavy atom. The van der Waals surface area contributed by atoms with Crippen LogP contribution in [-0.4, -0.2) is 40.3 Å². The average molecular weight is 405 g/mol. The molecule has 2 aromatic carbocycles. The maximum absolute atomic E-state index is 12.6. The summed E-state index contributed by atoms with van der Waals surface area (Å²) in [4.78, 5) is 26.8. The summed E-state index contributed by atoms with van der Waals surface area (Å²) < 4.78 is 6.97. The highest BCUT2D eigenvalue weighted by atomic mass is 16.5. The molecule has 0 bridgehead atoms. The fourth-order valence-electron chi connectivity index (χ4n) is 3.32. The highest BCUT2D eigenvalue weighted by Gasteiger charge is 2.24. The topological polar surface area (TPSA) is 88.5 Å². The lowest BCUT2D eigenvalue weighted by Crippen LogP contribution is -2.40. The van der Waals surface area contributed by atoms with Crippen LogP contribution in [0.1, 0.15) is 21.7 Å². The minimum atomic E-state index is -0.229. The van der Waals surface area contributed by atoms with Crippen LogP contribution in [0, 0.1) is 0 Å². The Balaban J connectivity index is 1.37. The van der Waals surface area contributed by atoms with E-state index in [9.17, 15) is 9.59 Å². The highest BCUT2D eigenvalue weighted by Crippen LogP contribution is 2.19. The predicted octanol–water partition coefficient (Wildman–Crippen LogP) is 2.87. The van der Waals surface area contributed by atoms with Gasteiger partial charge in [0.1, 0.15) is 5.75 Å². The van der Waals surface area contributed by atoms with Gasteiger partial charge < -0.3 is 20.3 Å². The molecule has 2 N–H and O–H groups in total. The van der Waals surface area contributed by atoms with E-state index >= 15 is 0 Å². The quantitative estimate of drug-likeness (QED) is 0.683. The molecule has 1 aliphatic heterocycles. The third-order valence-corrected chi connectivity index (χ3v) is 4.93. The largest absolute Gasteiger partial charge is 0.497 e. The van der Waals surface area contributed by atoms with Gasteiger partial charge in [0.05, 0.1) is 25.9 Å². The molecule has 154 valence electrons. The Labute approximate surface area is 174 Å². The number of nitrogens with zero attached hydrogens (tertiary/aromatic N) is 3. The van der Waals surface area contributed by atoms with E-state index in [4.69, 9.17) is 4.74 Å². The first-order chi connectivity index (χ1) is 14.6. The van der Waals surface area contributed by atoms with E-state index < -0.39 is 0 Å². The lowest BCUT2D eigenvalue weighted by Gasteiger charge is -2.27. The van der Waals surface area contributed by atoms with Crippen molar-refractivity contribution >= 4 is 17.6 Å². The second-order valence-corrected chi connectivity index (χ2v) is 7.00. The number of hydrogen-bond acceptors (Lipinski definition) is 4. The molecule has 1 aliphatic rings. The second-order valence-electron chi connectivity index (χ2n) is 7.00. The van der Waals surface area contributed by atoms with Gasteiger partial charge in [-0.25, -0.2) is 4.79 Å². The molecule has 0 atom stereocenters. The minimum absolute atomic E-state index is 0.203. The van der Waals surface area contributed by atoms with Gasteiger partial charge in [0.2, 0.25) is 0 Å². The smallest absolute Gasteiger partial charge is 0.322 e. The molecule has 8 nitrogen and oxygen atoms in total. The third kappa shape index (κ3) is 4.43. The fraction of sp³-hybridized carbons (Fsp3) is 0.227. The van der Waals surface area contributed by atoms with Crippen molar-refractivity contribution < 1.29 is 14.3 Å². The molecule has 0 fully saturated rings. The van der Waals surface area contributed by atoms with Gasteiger partial charge >= 0.3 is 6.03 Å². The van der Waals surface area contributed by atoms with Crippen LogP contribution in [0.2, 0.25) is 0 Å². The molecule has 0 aliphatic carbocycles. The first-order valence-electron chi connectivity index (χ1n) is 9.71. The first-order valence-corrected chi connectivity index (χ1v) is 9.71. The number of urea groups is 1. The monoisotopic (exact) mass is 405 g/mol. The molecule has 3 amide bonds. The number of fused-ring (bicyclic) bond motifs is 1. The van der Waals surface area contributed by atoms with Crippen LogP contribution in [-0.2, 0) is 19.6 Å². The summed E-state index contributed by atoms with van der Waals surface area (Å²) in [5.74, 6) is 0.448. The molecule has 8 heteroatoms. The number of methoxy groups -OCH3 is 1. The second kappa shape index (κ2) is 8.69. The van der Waals surface area contributed by atoms with Crippen LogP contribution in [0.15, 0.2) is 60.7 Å². The summed E-state index contributed by atoms with van der Waals surface area (Å²) in [6, 6.07) is 18.5. The third-order valence-electron chi connectivity index (χ3n) is 4.93. The van der Waals surface area contributed by atoms with Gasteiger partial charge in [0, 0.05) is 24.8 Å². The Morgan fingerprint density at radius 1 is 1.07 bits per heavy atom. The Morgan fingerprint density at radius 2 is 1.90 bits per heavy atom. The number of benzene rings is 2. The van der Waals surface area contributed by atoms with Gasteiger partial charge in [0.15, 0.2) is 5.69 Å². The molecular weight excluding hydrogens is 382 g/mol. The number of carbonyl (C=O) groups is 2. The molecule has 0 unspecified atom stereocenters. The standard InChI is InChI=1S/C22H23N5O3/c1-30-19-9-5-8-17(12-19)24-22(29)26-10-11-27-18(15-26)13-20(25-27)21(28)23-14-16-6-3-2-4-7-16/h2-9,12-13H,10-11,14-15H2,1H3,(H,23,28)(H,24,29). The molecule has 2 heterocycles. The van der Waals surface area contributed by atoms with Crippen LogP contribution in [0.4, 0.5) is 10.5 Å². The molecule has 4 rings (SSSR count). The van der Waals surface area contributed by atoms with Gasteiger partial charge in [-0.15, -0.1) is 0 Å². The zero-order chi connectivity index (χ0) is 20.9. The fourth-order valence-corrected chi connectivity index (χ4v) is 3.32. The van der Waals surface area contributed by atoms with Crippen molar-refractivity contribution in [2.24, 2.45) is 0 Å².